The fraction of sp³-hybridized carbons (Fsp3) is 0.417. The van der Waals surface area contributed by atoms with Gasteiger partial charge in [0.1, 0.15) is 5.82 Å². The Labute approximate surface area is 108 Å². The third kappa shape index (κ3) is 4.44. The van der Waals surface area contributed by atoms with Crippen LogP contribution < -0.4 is 5.32 Å². The second kappa shape index (κ2) is 6.71. The molecular formula is C12H15BrFNO2. The van der Waals surface area contributed by atoms with Crippen LogP contribution in [0, 0.1) is 5.82 Å². The summed E-state index contributed by atoms with van der Waals surface area (Å²) in [6.07, 6.45) is 0.682. The van der Waals surface area contributed by atoms with E-state index in [1.54, 1.807) is 0 Å². The van der Waals surface area contributed by atoms with Gasteiger partial charge in [-0.25, -0.2) is 4.39 Å². The Hall–Kier alpha value is -0.940. The van der Waals surface area contributed by atoms with Crippen LogP contribution in [0.25, 0.3) is 0 Å². The standard InChI is InChI=1S/C12H15BrFNO2/c1-2-9(16)5-6-15-12(17)10-7-8(13)3-4-11(10)14/h3-4,7,9,16H,2,5-6H2,1H3,(H,15,17). The van der Waals surface area contributed by atoms with Gasteiger partial charge < -0.3 is 10.4 Å². The Balaban J connectivity index is 2.55. The zero-order valence-electron chi connectivity index (χ0n) is 9.54. The topological polar surface area (TPSA) is 49.3 Å². The van der Waals surface area contributed by atoms with Crippen LogP contribution in [0.4, 0.5) is 4.39 Å². The first-order valence-electron chi connectivity index (χ1n) is 5.46. The van der Waals surface area contributed by atoms with Gasteiger partial charge in [-0.2, -0.15) is 0 Å². The van der Waals surface area contributed by atoms with Gasteiger partial charge in [0, 0.05) is 11.0 Å². The third-order valence-corrected chi connectivity index (χ3v) is 2.90. The fourth-order valence-corrected chi connectivity index (χ4v) is 1.68. The summed E-state index contributed by atoms with van der Waals surface area (Å²) in [4.78, 5) is 11.6. The lowest BCUT2D eigenvalue weighted by Crippen LogP contribution is -2.27. The number of hydrogen-bond acceptors (Lipinski definition) is 2. The Morgan fingerprint density at radius 2 is 2.29 bits per heavy atom. The average molecular weight is 304 g/mol. The lowest BCUT2D eigenvalue weighted by molar-refractivity contribution is 0.0938. The average Bonchev–Trinajstić information content (AvgIpc) is 2.31. The normalized spacial score (nSPS) is 12.2. The molecule has 5 heteroatoms. The molecule has 0 fully saturated rings. The molecule has 0 bridgehead atoms. The van der Waals surface area contributed by atoms with Crippen LogP contribution in [0.2, 0.25) is 0 Å². The summed E-state index contributed by atoms with van der Waals surface area (Å²) in [7, 11) is 0. The van der Waals surface area contributed by atoms with Gasteiger partial charge in [0.05, 0.1) is 11.7 Å². The van der Waals surface area contributed by atoms with Crippen molar-refractivity contribution in [3.8, 4) is 0 Å². The second-order valence-electron chi connectivity index (χ2n) is 3.73. The summed E-state index contributed by atoms with van der Waals surface area (Å²) in [5, 5.41) is 11.9. The van der Waals surface area contributed by atoms with E-state index in [4.69, 9.17) is 0 Å². The molecule has 3 nitrogen and oxygen atoms in total. The predicted octanol–water partition coefficient (Wildman–Crippen LogP) is 2.48. The zero-order valence-corrected chi connectivity index (χ0v) is 11.1. The maximum atomic E-state index is 13.3. The summed E-state index contributed by atoms with van der Waals surface area (Å²) in [6, 6.07) is 4.20. The number of hydrogen-bond donors (Lipinski definition) is 2. The van der Waals surface area contributed by atoms with Crippen LogP contribution in [0.15, 0.2) is 22.7 Å². The number of carbonyl (C=O) groups excluding carboxylic acids is 1. The lowest BCUT2D eigenvalue weighted by atomic mass is 10.2. The molecule has 17 heavy (non-hydrogen) atoms. The molecule has 0 aliphatic carbocycles. The van der Waals surface area contributed by atoms with E-state index < -0.39 is 17.8 Å². The molecule has 0 aromatic heterocycles. The van der Waals surface area contributed by atoms with Gasteiger partial charge in [-0.1, -0.05) is 22.9 Å². The second-order valence-corrected chi connectivity index (χ2v) is 4.65. The van der Waals surface area contributed by atoms with E-state index in [-0.39, 0.29) is 5.56 Å². The summed E-state index contributed by atoms with van der Waals surface area (Å²) in [5.74, 6) is -1.02. The van der Waals surface area contributed by atoms with Gasteiger partial charge in [-0.05, 0) is 31.0 Å². The van der Waals surface area contributed by atoms with E-state index in [9.17, 15) is 14.3 Å². The summed E-state index contributed by atoms with van der Waals surface area (Å²) < 4.78 is 14.0. The van der Waals surface area contributed by atoms with Crippen molar-refractivity contribution in [3.05, 3.63) is 34.1 Å². The molecule has 0 spiro atoms. The molecular weight excluding hydrogens is 289 g/mol. The molecule has 0 aliphatic rings. The first kappa shape index (κ1) is 14.1. The van der Waals surface area contributed by atoms with Crippen LogP contribution in [-0.2, 0) is 0 Å². The van der Waals surface area contributed by atoms with Crippen LogP contribution in [0.3, 0.4) is 0 Å². The Bertz CT molecular complexity index is 398. The molecule has 0 saturated heterocycles. The van der Waals surface area contributed by atoms with Crippen molar-refractivity contribution in [2.45, 2.75) is 25.9 Å². The molecule has 94 valence electrons. The lowest BCUT2D eigenvalue weighted by Gasteiger charge is -2.09. The quantitative estimate of drug-likeness (QED) is 0.878. The van der Waals surface area contributed by atoms with E-state index in [2.05, 4.69) is 21.2 Å². The number of aliphatic hydroxyl groups excluding tert-OH is 1. The smallest absolute Gasteiger partial charge is 0.254 e. The van der Waals surface area contributed by atoms with Crippen molar-refractivity contribution in [2.75, 3.05) is 6.54 Å². The maximum Gasteiger partial charge on any atom is 0.254 e. The number of amides is 1. The molecule has 1 rings (SSSR count). The summed E-state index contributed by atoms with van der Waals surface area (Å²) in [5.41, 5.74) is 0.00497. The number of aliphatic hydroxyl groups is 1. The predicted molar refractivity (Wildman–Crippen MR) is 67.3 cm³/mol. The first-order chi connectivity index (χ1) is 8.04. The van der Waals surface area contributed by atoms with Crippen LogP contribution in [-0.4, -0.2) is 23.7 Å². The highest BCUT2D eigenvalue weighted by Gasteiger charge is 2.12. The Morgan fingerprint density at radius 1 is 1.59 bits per heavy atom. The van der Waals surface area contributed by atoms with Crippen molar-refractivity contribution in [2.24, 2.45) is 0 Å². The van der Waals surface area contributed by atoms with Crippen LogP contribution in [0.5, 0.6) is 0 Å². The van der Waals surface area contributed by atoms with Crippen molar-refractivity contribution in [3.63, 3.8) is 0 Å². The van der Waals surface area contributed by atoms with Gasteiger partial charge in [-0.15, -0.1) is 0 Å². The van der Waals surface area contributed by atoms with E-state index in [0.717, 1.165) is 0 Å². The highest BCUT2D eigenvalue weighted by atomic mass is 79.9. The molecule has 0 aliphatic heterocycles. The molecule has 1 amide bonds. The number of benzene rings is 1. The number of rotatable bonds is 5. The minimum atomic E-state index is -0.554. The molecule has 0 radical (unpaired) electrons. The Kier molecular flexibility index (Phi) is 5.58. The van der Waals surface area contributed by atoms with E-state index >= 15 is 0 Å². The highest BCUT2D eigenvalue weighted by molar-refractivity contribution is 9.10. The van der Waals surface area contributed by atoms with Gasteiger partial charge in [0.2, 0.25) is 0 Å². The molecule has 1 unspecified atom stereocenters. The van der Waals surface area contributed by atoms with Crippen molar-refractivity contribution in [1.29, 1.82) is 0 Å². The molecule has 1 aromatic rings. The van der Waals surface area contributed by atoms with Gasteiger partial charge in [-0.3, -0.25) is 4.79 Å². The van der Waals surface area contributed by atoms with E-state index in [0.29, 0.717) is 23.9 Å². The van der Waals surface area contributed by atoms with Crippen molar-refractivity contribution >= 4 is 21.8 Å². The van der Waals surface area contributed by atoms with Crippen molar-refractivity contribution in [1.82, 2.24) is 5.32 Å². The van der Waals surface area contributed by atoms with Crippen LogP contribution >= 0.6 is 15.9 Å². The molecule has 0 saturated carbocycles. The molecule has 1 aromatic carbocycles. The van der Waals surface area contributed by atoms with Gasteiger partial charge >= 0.3 is 0 Å². The van der Waals surface area contributed by atoms with Crippen molar-refractivity contribution < 1.29 is 14.3 Å². The SMILES string of the molecule is CCC(O)CCNC(=O)c1cc(Br)ccc1F. The number of nitrogens with one attached hydrogen (secondary N) is 1. The third-order valence-electron chi connectivity index (χ3n) is 2.41. The van der Waals surface area contributed by atoms with Crippen LogP contribution in [0.1, 0.15) is 30.1 Å². The fourth-order valence-electron chi connectivity index (χ4n) is 1.32. The molecule has 2 N–H and O–H groups in total. The molecule has 1 atom stereocenters. The maximum absolute atomic E-state index is 13.3. The van der Waals surface area contributed by atoms with Gasteiger partial charge in [0.25, 0.3) is 5.91 Å². The Morgan fingerprint density at radius 3 is 2.94 bits per heavy atom. The summed E-state index contributed by atoms with van der Waals surface area (Å²) >= 11 is 3.18. The largest absolute Gasteiger partial charge is 0.393 e. The number of halogens is 2. The zero-order chi connectivity index (χ0) is 12.8. The monoisotopic (exact) mass is 303 g/mol. The minimum absolute atomic E-state index is 0.00497. The van der Waals surface area contributed by atoms with Gasteiger partial charge in [0.15, 0.2) is 0 Å². The summed E-state index contributed by atoms with van der Waals surface area (Å²) in [6.45, 7) is 2.19. The first-order valence-corrected chi connectivity index (χ1v) is 6.25. The van der Waals surface area contributed by atoms with E-state index in [1.807, 2.05) is 6.92 Å². The number of carbonyl (C=O) groups is 1. The highest BCUT2D eigenvalue weighted by Crippen LogP contribution is 2.15. The molecule has 0 heterocycles. The van der Waals surface area contributed by atoms with E-state index in [1.165, 1.54) is 18.2 Å². The minimum Gasteiger partial charge on any atom is -0.393 e.